The summed E-state index contributed by atoms with van der Waals surface area (Å²) in [6, 6.07) is -0.512. The minimum absolute atomic E-state index is 0.00643. The van der Waals surface area contributed by atoms with Gasteiger partial charge in [-0.15, -0.1) is 0 Å². The molecular formula is C15H26N2O2. The van der Waals surface area contributed by atoms with E-state index in [0.717, 1.165) is 0 Å². The maximum absolute atomic E-state index is 12.5. The first-order valence-electron chi connectivity index (χ1n) is 7.56. The van der Waals surface area contributed by atoms with E-state index in [2.05, 4.69) is 12.2 Å². The van der Waals surface area contributed by atoms with Crippen molar-refractivity contribution in [2.24, 2.45) is 11.8 Å². The monoisotopic (exact) mass is 266 g/mol. The highest BCUT2D eigenvalue weighted by Gasteiger charge is 2.44. The van der Waals surface area contributed by atoms with E-state index in [1.165, 1.54) is 25.7 Å². The predicted molar refractivity (Wildman–Crippen MR) is 74.5 cm³/mol. The van der Waals surface area contributed by atoms with Crippen LogP contribution in [-0.4, -0.2) is 34.8 Å². The number of hydrogen-bond donors (Lipinski definition) is 1. The van der Waals surface area contributed by atoms with E-state index >= 15 is 0 Å². The van der Waals surface area contributed by atoms with Gasteiger partial charge in [-0.2, -0.15) is 0 Å². The molecule has 3 atom stereocenters. The third-order valence-corrected chi connectivity index (χ3v) is 4.70. The average Bonchev–Trinajstić information content (AvgIpc) is 2.85. The van der Waals surface area contributed by atoms with E-state index in [-0.39, 0.29) is 35.9 Å². The smallest absolute Gasteiger partial charge is 0.245 e. The third-order valence-electron chi connectivity index (χ3n) is 4.70. The van der Waals surface area contributed by atoms with Crippen LogP contribution in [0.25, 0.3) is 0 Å². The molecule has 2 aliphatic rings. The van der Waals surface area contributed by atoms with Crippen molar-refractivity contribution >= 4 is 11.8 Å². The van der Waals surface area contributed by atoms with Gasteiger partial charge in [-0.25, -0.2) is 0 Å². The maximum Gasteiger partial charge on any atom is 0.245 e. The molecule has 0 aromatic heterocycles. The van der Waals surface area contributed by atoms with Gasteiger partial charge in [0.2, 0.25) is 11.8 Å². The largest absolute Gasteiger partial charge is 0.343 e. The molecule has 1 N–H and O–H groups in total. The Balaban J connectivity index is 2.24. The van der Waals surface area contributed by atoms with Gasteiger partial charge < -0.3 is 10.2 Å². The van der Waals surface area contributed by atoms with Crippen LogP contribution in [0.1, 0.15) is 53.4 Å². The Hall–Kier alpha value is -1.06. The highest BCUT2D eigenvalue weighted by atomic mass is 16.2. The van der Waals surface area contributed by atoms with Gasteiger partial charge in [0.15, 0.2) is 0 Å². The number of carbonyl (C=O) groups is 2. The Morgan fingerprint density at radius 2 is 1.74 bits per heavy atom. The normalized spacial score (nSPS) is 30.9. The number of carbonyl (C=O) groups excluding carboxylic acids is 2. The molecule has 2 fully saturated rings. The van der Waals surface area contributed by atoms with E-state index in [1.807, 2.05) is 18.7 Å². The van der Waals surface area contributed by atoms with Crippen molar-refractivity contribution in [3.63, 3.8) is 0 Å². The van der Waals surface area contributed by atoms with Crippen LogP contribution in [0.15, 0.2) is 0 Å². The molecule has 0 bridgehead atoms. The number of hydrogen-bond acceptors (Lipinski definition) is 2. The van der Waals surface area contributed by atoms with Crippen molar-refractivity contribution < 1.29 is 9.59 Å². The quantitative estimate of drug-likeness (QED) is 0.848. The van der Waals surface area contributed by atoms with Crippen LogP contribution in [0, 0.1) is 11.8 Å². The topological polar surface area (TPSA) is 49.4 Å². The Kier molecular flexibility index (Phi) is 4.16. The summed E-state index contributed by atoms with van der Waals surface area (Å²) in [5.41, 5.74) is 0. The van der Waals surface area contributed by atoms with Crippen LogP contribution >= 0.6 is 0 Å². The first-order valence-corrected chi connectivity index (χ1v) is 7.56. The molecule has 108 valence electrons. The molecule has 0 radical (unpaired) electrons. The van der Waals surface area contributed by atoms with Crippen molar-refractivity contribution in [2.45, 2.75) is 71.5 Å². The second-order valence-corrected chi connectivity index (χ2v) is 6.45. The molecule has 4 nitrogen and oxygen atoms in total. The van der Waals surface area contributed by atoms with Crippen LogP contribution in [-0.2, 0) is 9.59 Å². The van der Waals surface area contributed by atoms with E-state index < -0.39 is 0 Å². The van der Waals surface area contributed by atoms with Gasteiger partial charge in [0.05, 0.1) is 0 Å². The van der Waals surface area contributed by atoms with E-state index in [9.17, 15) is 9.59 Å². The van der Waals surface area contributed by atoms with Gasteiger partial charge >= 0.3 is 0 Å². The molecule has 0 aromatic carbocycles. The number of amides is 2. The minimum Gasteiger partial charge on any atom is -0.343 e. The van der Waals surface area contributed by atoms with E-state index in [0.29, 0.717) is 5.92 Å². The fraction of sp³-hybridized carbons (Fsp3) is 0.867. The summed E-state index contributed by atoms with van der Waals surface area (Å²) in [5.74, 6) is 0.799. The SMILES string of the molecule is CC1NC(=O)C(C(C)C)N(C(C)C2CCCC2)C1=O. The van der Waals surface area contributed by atoms with Crippen LogP contribution in [0.4, 0.5) is 0 Å². The van der Waals surface area contributed by atoms with Crippen LogP contribution in [0.2, 0.25) is 0 Å². The summed E-state index contributed by atoms with van der Waals surface area (Å²) in [6.07, 6.45) is 4.88. The molecule has 1 saturated heterocycles. The van der Waals surface area contributed by atoms with Crippen LogP contribution in [0.5, 0.6) is 0 Å². The molecular weight excluding hydrogens is 240 g/mol. The molecule has 0 aromatic rings. The lowest BCUT2D eigenvalue weighted by Crippen LogP contribution is -2.66. The Morgan fingerprint density at radius 1 is 1.16 bits per heavy atom. The van der Waals surface area contributed by atoms with Crippen LogP contribution < -0.4 is 5.32 Å². The molecule has 0 spiro atoms. The van der Waals surface area contributed by atoms with Gasteiger partial charge in [0, 0.05) is 6.04 Å². The first-order chi connectivity index (χ1) is 8.93. The lowest BCUT2D eigenvalue weighted by Gasteiger charge is -2.45. The maximum atomic E-state index is 12.5. The number of nitrogens with one attached hydrogen (secondary N) is 1. The van der Waals surface area contributed by atoms with Crippen molar-refractivity contribution in [3.05, 3.63) is 0 Å². The van der Waals surface area contributed by atoms with Crippen molar-refractivity contribution in [2.75, 3.05) is 0 Å². The van der Waals surface area contributed by atoms with E-state index in [1.54, 1.807) is 6.92 Å². The number of rotatable bonds is 3. The molecule has 1 saturated carbocycles. The summed E-state index contributed by atoms with van der Waals surface area (Å²) in [4.78, 5) is 26.6. The molecule has 1 heterocycles. The molecule has 1 aliphatic heterocycles. The Labute approximate surface area is 115 Å². The zero-order chi connectivity index (χ0) is 14.2. The summed E-state index contributed by atoms with van der Waals surface area (Å²) in [6.45, 7) is 7.93. The second-order valence-electron chi connectivity index (χ2n) is 6.45. The molecule has 2 rings (SSSR count). The fourth-order valence-corrected chi connectivity index (χ4v) is 3.59. The van der Waals surface area contributed by atoms with Gasteiger partial charge in [0.25, 0.3) is 0 Å². The standard InChI is InChI=1S/C15H26N2O2/c1-9(2)13-14(18)16-10(3)15(19)17(13)11(4)12-7-5-6-8-12/h9-13H,5-8H2,1-4H3,(H,16,18). The number of piperazine rings is 1. The van der Waals surface area contributed by atoms with Crippen molar-refractivity contribution in [3.8, 4) is 0 Å². The second kappa shape index (κ2) is 5.51. The molecule has 4 heteroatoms. The average molecular weight is 266 g/mol. The fourth-order valence-electron chi connectivity index (χ4n) is 3.59. The zero-order valence-corrected chi connectivity index (χ0v) is 12.5. The summed E-state index contributed by atoms with van der Waals surface area (Å²) in [7, 11) is 0. The molecule has 2 amide bonds. The molecule has 1 aliphatic carbocycles. The van der Waals surface area contributed by atoms with Gasteiger partial charge in [-0.1, -0.05) is 26.7 Å². The molecule has 19 heavy (non-hydrogen) atoms. The predicted octanol–water partition coefficient (Wildman–Crippen LogP) is 1.94. The van der Waals surface area contributed by atoms with Crippen molar-refractivity contribution in [1.82, 2.24) is 10.2 Å². The highest BCUT2D eigenvalue weighted by Crippen LogP contribution is 2.33. The van der Waals surface area contributed by atoms with Crippen LogP contribution in [0.3, 0.4) is 0 Å². The first kappa shape index (κ1) is 14.4. The summed E-state index contributed by atoms with van der Waals surface area (Å²) < 4.78 is 0. The zero-order valence-electron chi connectivity index (χ0n) is 12.5. The van der Waals surface area contributed by atoms with Crippen molar-refractivity contribution in [1.29, 1.82) is 0 Å². The van der Waals surface area contributed by atoms with E-state index in [4.69, 9.17) is 0 Å². The highest BCUT2D eigenvalue weighted by molar-refractivity contribution is 5.97. The third kappa shape index (κ3) is 2.63. The van der Waals surface area contributed by atoms with Gasteiger partial charge in [-0.3, -0.25) is 9.59 Å². The molecule has 3 unspecified atom stereocenters. The summed E-state index contributed by atoms with van der Waals surface area (Å²) >= 11 is 0. The Bertz CT molecular complexity index is 361. The minimum atomic E-state index is -0.383. The van der Waals surface area contributed by atoms with Gasteiger partial charge in [-0.05, 0) is 38.5 Å². The summed E-state index contributed by atoms with van der Waals surface area (Å²) in [5, 5.41) is 2.81. The lowest BCUT2D eigenvalue weighted by atomic mass is 9.90. The Morgan fingerprint density at radius 3 is 2.26 bits per heavy atom. The van der Waals surface area contributed by atoms with Gasteiger partial charge in [0.1, 0.15) is 12.1 Å². The lowest BCUT2D eigenvalue weighted by molar-refractivity contribution is -0.154. The number of nitrogens with zero attached hydrogens (tertiary/aromatic N) is 1.